The summed E-state index contributed by atoms with van der Waals surface area (Å²) in [4.78, 5) is 0. The Bertz CT molecular complexity index is 252. The number of nitrogens with two attached hydrogens (primary N) is 1. The summed E-state index contributed by atoms with van der Waals surface area (Å²) >= 11 is 1.84. The van der Waals surface area contributed by atoms with E-state index in [-0.39, 0.29) is 12.1 Å². The van der Waals surface area contributed by atoms with Gasteiger partial charge in [0.1, 0.15) is 11.6 Å². The molecule has 0 spiro atoms. The van der Waals surface area contributed by atoms with E-state index in [1.165, 1.54) is 12.1 Å². The van der Waals surface area contributed by atoms with Crippen molar-refractivity contribution < 1.29 is 8.78 Å². The molecule has 60 valence electrons. The minimum absolute atomic E-state index is 0.0505. The highest BCUT2D eigenvalue weighted by Crippen LogP contribution is 2.15. The number of rotatable bonds is 1. The quantitative estimate of drug-likeness (QED) is 0.775. The Morgan fingerprint density at radius 2 is 1.73 bits per heavy atom. The van der Waals surface area contributed by atoms with E-state index in [1.54, 1.807) is 0 Å². The van der Waals surface area contributed by atoms with Crippen LogP contribution in [0, 0.1) is 15.2 Å². The molecule has 0 aliphatic rings. The second kappa shape index (κ2) is 3.44. The highest BCUT2D eigenvalue weighted by Gasteiger charge is 2.07. The van der Waals surface area contributed by atoms with Gasteiger partial charge in [0, 0.05) is 15.7 Å². The third kappa shape index (κ3) is 1.87. The molecule has 0 aliphatic heterocycles. The van der Waals surface area contributed by atoms with Gasteiger partial charge >= 0.3 is 0 Å². The first-order chi connectivity index (χ1) is 5.15. The number of halogens is 3. The van der Waals surface area contributed by atoms with E-state index in [1.807, 2.05) is 22.6 Å². The monoisotopic (exact) mass is 269 g/mol. The highest BCUT2D eigenvalue weighted by atomic mass is 127. The highest BCUT2D eigenvalue weighted by molar-refractivity contribution is 14.1. The smallest absolute Gasteiger partial charge is 0.131 e. The molecule has 1 rings (SSSR count). The second-order valence-electron chi connectivity index (χ2n) is 2.05. The van der Waals surface area contributed by atoms with Crippen molar-refractivity contribution in [3.8, 4) is 0 Å². The van der Waals surface area contributed by atoms with Crippen LogP contribution in [0.3, 0.4) is 0 Å². The molecule has 0 amide bonds. The maximum atomic E-state index is 12.8. The lowest BCUT2D eigenvalue weighted by Crippen LogP contribution is -2.03. The summed E-state index contributed by atoms with van der Waals surface area (Å²) in [5.74, 6) is -1.14. The Morgan fingerprint density at radius 1 is 1.27 bits per heavy atom. The minimum Gasteiger partial charge on any atom is -0.326 e. The van der Waals surface area contributed by atoms with Crippen LogP contribution in [0.15, 0.2) is 12.1 Å². The molecule has 0 bridgehead atoms. The Balaban J connectivity index is 3.25. The lowest BCUT2D eigenvalue weighted by atomic mass is 10.2. The molecule has 0 atom stereocenters. The van der Waals surface area contributed by atoms with Crippen LogP contribution in [-0.2, 0) is 6.54 Å². The fourth-order valence-corrected chi connectivity index (χ4v) is 1.31. The van der Waals surface area contributed by atoms with Crippen LogP contribution < -0.4 is 5.73 Å². The van der Waals surface area contributed by atoms with E-state index < -0.39 is 11.6 Å². The van der Waals surface area contributed by atoms with E-state index in [0.717, 1.165) is 0 Å². The predicted octanol–water partition coefficient (Wildman–Crippen LogP) is 2.03. The second-order valence-corrected chi connectivity index (χ2v) is 3.30. The van der Waals surface area contributed by atoms with Gasteiger partial charge in [-0.2, -0.15) is 0 Å². The molecule has 0 heterocycles. The molecule has 0 aliphatic carbocycles. The van der Waals surface area contributed by atoms with Gasteiger partial charge in [-0.3, -0.25) is 0 Å². The fourth-order valence-electron chi connectivity index (χ4n) is 0.767. The first-order valence-corrected chi connectivity index (χ1v) is 4.06. The maximum absolute atomic E-state index is 12.8. The van der Waals surface area contributed by atoms with Gasteiger partial charge < -0.3 is 5.73 Å². The summed E-state index contributed by atoms with van der Waals surface area (Å²) in [5.41, 5.74) is 5.07. The third-order valence-corrected chi connectivity index (χ3v) is 1.93. The molecule has 4 heteroatoms. The van der Waals surface area contributed by atoms with Gasteiger partial charge in [-0.15, -0.1) is 0 Å². The minimum atomic E-state index is -0.572. The fraction of sp³-hybridized carbons (Fsp3) is 0.143. The zero-order valence-electron chi connectivity index (χ0n) is 5.57. The van der Waals surface area contributed by atoms with Crippen LogP contribution in [0.2, 0.25) is 0 Å². The van der Waals surface area contributed by atoms with Crippen molar-refractivity contribution in [2.24, 2.45) is 5.73 Å². The topological polar surface area (TPSA) is 26.0 Å². The normalized spacial score (nSPS) is 10.2. The molecule has 0 radical (unpaired) electrons. The number of benzene rings is 1. The summed E-state index contributed by atoms with van der Waals surface area (Å²) in [6.07, 6.45) is 0. The maximum Gasteiger partial charge on any atom is 0.131 e. The summed E-state index contributed by atoms with van der Waals surface area (Å²) < 4.78 is 26.1. The Labute approximate surface area is 76.7 Å². The van der Waals surface area contributed by atoms with E-state index in [2.05, 4.69) is 0 Å². The van der Waals surface area contributed by atoms with Crippen molar-refractivity contribution in [3.05, 3.63) is 32.9 Å². The number of hydrogen-bond donors (Lipinski definition) is 1. The van der Waals surface area contributed by atoms with Gasteiger partial charge in [0.2, 0.25) is 0 Å². The molecule has 0 unspecified atom stereocenters. The van der Waals surface area contributed by atoms with Crippen molar-refractivity contribution in [1.82, 2.24) is 0 Å². The first kappa shape index (κ1) is 8.86. The van der Waals surface area contributed by atoms with Crippen LogP contribution in [0.25, 0.3) is 0 Å². The SMILES string of the molecule is NCc1c(F)cc(I)cc1F. The van der Waals surface area contributed by atoms with Gasteiger partial charge in [-0.25, -0.2) is 8.78 Å². The van der Waals surface area contributed by atoms with Crippen LogP contribution in [0.4, 0.5) is 8.78 Å². The Kier molecular flexibility index (Phi) is 2.78. The van der Waals surface area contributed by atoms with Crippen molar-refractivity contribution in [3.63, 3.8) is 0 Å². The molecular weight excluding hydrogens is 263 g/mol. The van der Waals surface area contributed by atoms with E-state index in [0.29, 0.717) is 3.57 Å². The zero-order valence-corrected chi connectivity index (χ0v) is 7.73. The van der Waals surface area contributed by atoms with E-state index in [9.17, 15) is 8.78 Å². The van der Waals surface area contributed by atoms with Crippen molar-refractivity contribution in [2.75, 3.05) is 0 Å². The number of hydrogen-bond acceptors (Lipinski definition) is 1. The standard InChI is InChI=1S/C7H6F2IN/c8-6-1-4(10)2-7(9)5(6)3-11/h1-2H,3,11H2. The zero-order chi connectivity index (χ0) is 8.43. The molecule has 1 aromatic rings. The molecule has 0 fully saturated rings. The van der Waals surface area contributed by atoms with Crippen LogP contribution >= 0.6 is 22.6 Å². The molecule has 0 saturated carbocycles. The molecule has 11 heavy (non-hydrogen) atoms. The van der Waals surface area contributed by atoms with Gasteiger partial charge in [0.15, 0.2) is 0 Å². The predicted molar refractivity (Wildman–Crippen MR) is 47.0 cm³/mol. The Morgan fingerprint density at radius 3 is 2.09 bits per heavy atom. The lowest BCUT2D eigenvalue weighted by molar-refractivity contribution is 0.555. The van der Waals surface area contributed by atoms with Gasteiger partial charge in [-0.1, -0.05) is 0 Å². The summed E-state index contributed by atoms with van der Waals surface area (Å²) in [5, 5.41) is 0. The molecule has 1 nitrogen and oxygen atoms in total. The van der Waals surface area contributed by atoms with Crippen molar-refractivity contribution in [2.45, 2.75) is 6.54 Å². The molecule has 2 N–H and O–H groups in total. The van der Waals surface area contributed by atoms with Gasteiger partial charge in [0.05, 0.1) is 0 Å². The van der Waals surface area contributed by atoms with Crippen LogP contribution in [0.1, 0.15) is 5.56 Å². The first-order valence-electron chi connectivity index (χ1n) is 2.98. The Hall–Kier alpha value is -0.230. The summed E-state index contributed by atoms with van der Waals surface area (Å²) in [6, 6.07) is 2.51. The van der Waals surface area contributed by atoms with Gasteiger partial charge in [-0.05, 0) is 34.7 Å². The molecule has 1 aromatic carbocycles. The third-order valence-electron chi connectivity index (χ3n) is 1.31. The summed E-state index contributed by atoms with van der Waals surface area (Å²) in [6.45, 7) is -0.103. The summed E-state index contributed by atoms with van der Waals surface area (Å²) in [7, 11) is 0. The van der Waals surface area contributed by atoms with Crippen molar-refractivity contribution >= 4 is 22.6 Å². The average Bonchev–Trinajstić information content (AvgIpc) is 1.85. The van der Waals surface area contributed by atoms with E-state index >= 15 is 0 Å². The van der Waals surface area contributed by atoms with Crippen LogP contribution in [0.5, 0.6) is 0 Å². The van der Waals surface area contributed by atoms with E-state index in [4.69, 9.17) is 5.73 Å². The van der Waals surface area contributed by atoms with Crippen LogP contribution in [-0.4, -0.2) is 0 Å². The molecular formula is C7H6F2IN. The molecule has 0 saturated heterocycles. The largest absolute Gasteiger partial charge is 0.326 e. The average molecular weight is 269 g/mol. The lowest BCUT2D eigenvalue weighted by Gasteiger charge is -2.01. The van der Waals surface area contributed by atoms with Gasteiger partial charge in [0.25, 0.3) is 0 Å². The molecule has 0 aromatic heterocycles. The van der Waals surface area contributed by atoms with Crippen molar-refractivity contribution in [1.29, 1.82) is 0 Å².